The summed E-state index contributed by atoms with van der Waals surface area (Å²) in [4.78, 5) is 41.0. The number of carbonyl (C=O) groups is 3. The minimum atomic E-state index is -4.19. The van der Waals surface area contributed by atoms with Gasteiger partial charge in [0.25, 0.3) is 5.91 Å². The third kappa shape index (κ3) is 4.92. The third-order valence-electron chi connectivity index (χ3n) is 6.31. The predicted octanol–water partition coefficient (Wildman–Crippen LogP) is 3.38. The monoisotopic (exact) mass is 537 g/mol. The highest BCUT2D eigenvalue weighted by atomic mass is 32.2. The number of aryl methyl sites for hydroxylation is 1. The molecule has 10 nitrogen and oxygen atoms in total. The molecular weight excluding hydrogens is 510 g/mol. The number of amides is 2. The molecule has 1 aliphatic rings. The Hall–Kier alpha value is -4.38. The first kappa shape index (κ1) is 26.7. The van der Waals surface area contributed by atoms with E-state index < -0.39 is 15.8 Å². The Morgan fingerprint density at radius 2 is 1.87 bits per heavy atom. The van der Waals surface area contributed by atoms with E-state index in [0.717, 1.165) is 6.07 Å². The highest BCUT2D eigenvalue weighted by Crippen LogP contribution is 2.38. The lowest BCUT2D eigenvalue weighted by Crippen LogP contribution is -2.22. The molecule has 2 aromatic carbocycles. The normalized spacial score (nSPS) is 13.8. The van der Waals surface area contributed by atoms with Gasteiger partial charge in [-0.15, -0.1) is 0 Å². The van der Waals surface area contributed by atoms with Crippen LogP contribution in [0, 0.1) is 6.92 Å². The van der Waals surface area contributed by atoms with Crippen molar-refractivity contribution in [2.75, 3.05) is 26.5 Å². The fraction of sp³-hybridized carbons (Fsp3) is 0.222. The van der Waals surface area contributed by atoms with E-state index in [9.17, 15) is 27.9 Å². The van der Waals surface area contributed by atoms with E-state index in [-0.39, 0.29) is 40.0 Å². The summed E-state index contributed by atoms with van der Waals surface area (Å²) in [5, 5.41) is 12.1. The first-order chi connectivity index (χ1) is 17.9. The zero-order valence-electron chi connectivity index (χ0n) is 21.3. The molecule has 0 saturated heterocycles. The molecule has 0 atom stereocenters. The van der Waals surface area contributed by atoms with Crippen LogP contribution >= 0.6 is 0 Å². The van der Waals surface area contributed by atoms with Crippen LogP contribution in [0.3, 0.4) is 0 Å². The van der Waals surface area contributed by atoms with Crippen molar-refractivity contribution in [3.8, 4) is 5.75 Å². The number of carboxylic acid groups (broad SMARTS) is 1. The lowest BCUT2D eigenvalue weighted by Gasteiger charge is -2.12. The number of sulfone groups is 1. The number of benzene rings is 2. The molecule has 38 heavy (non-hydrogen) atoms. The Balaban J connectivity index is 1.88. The van der Waals surface area contributed by atoms with Gasteiger partial charge in [-0.05, 0) is 55.3 Å². The minimum absolute atomic E-state index is 0.0259. The zero-order chi connectivity index (χ0) is 27.8. The first-order valence-corrected chi connectivity index (χ1v) is 13.1. The summed E-state index contributed by atoms with van der Waals surface area (Å²) >= 11 is 0. The molecule has 0 radical (unpaired) electrons. The third-order valence-corrected chi connectivity index (χ3v) is 8.27. The molecule has 0 bridgehead atoms. The maximum absolute atomic E-state index is 13.8. The van der Waals surface area contributed by atoms with Gasteiger partial charge in [0.05, 0.1) is 33.7 Å². The van der Waals surface area contributed by atoms with Gasteiger partial charge in [-0.1, -0.05) is 6.07 Å². The van der Waals surface area contributed by atoms with E-state index >= 15 is 0 Å². The molecule has 1 aliphatic heterocycles. The fourth-order valence-electron chi connectivity index (χ4n) is 4.38. The molecule has 0 spiro atoms. The average Bonchev–Trinajstić information content (AvgIpc) is 3.37. The predicted molar refractivity (Wildman–Crippen MR) is 141 cm³/mol. The van der Waals surface area contributed by atoms with Gasteiger partial charge in [-0.25, -0.2) is 13.2 Å². The average molecular weight is 538 g/mol. The molecule has 3 aromatic rings. The standard InChI is InChI=1S/C27H27N3O7S/c1-15-25(38(35,36)18-7-5-6-16(12-18)27(33)34)20(10-11-24(31)30(2)3)23(28-15)14-21-19-9-8-17(37-4)13-22(19)29-26(21)32/h5-9,12-14,28H,10-11H2,1-4H3,(H,29,32)(H,33,34). The number of anilines is 1. The zero-order valence-corrected chi connectivity index (χ0v) is 22.1. The molecule has 0 fully saturated rings. The van der Waals surface area contributed by atoms with Crippen molar-refractivity contribution in [1.29, 1.82) is 0 Å². The van der Waals surface area contributed by atoms with E-state index in [1.165, 1.54) is 30.2 Å². The van der Waals surface area contributed by atoms with Gasteiger partial charge in [0.1, 0.15) is 5.75 Å². The van der Waals surface area contributed by atoms with Crippen molar-refractivity contribution in [3.05, 3.63) is 70.5 Å². The Bertz CT molecular complexity index is 1600. The second-order valence-corrected chi connectivity index (χ2v) is 10.9. The first-order valence-electron chi connectivity index (χ1n) is 11.7. The largest absolute Gasteiger partial charge is 0.497 e. The van der Waals surface area contributed by atoms with Crippen molar-refractivity contribution in [3.63, 3.8) is 0 Å². The molecule has 2 amide bonds. The topological polar surface area (TPSA) is 146 Å². The smallest absolute Gasteiger partial charge is 0.335 e. The van der Waals surface area contributed by atoms with Crippen molar-refractivity contribution in [2.45, 2.75) is 29.6 Å². The van der Waals surface area contributed by atoms with Gasteiger partial charge in [0.15, 0.2) is 0 Å². The van der Waals surface area contributed by atoms with Crippen LogP contribution in [0.2, 0.25) is 0 Å². The van der Waals surface area contributed by atoms with E-state index in [1.54, 1.807) is 45.3 Å². The summed E-state index contributed by atoms with van der Waals surface area (Å²) in [5.74, 6) is -1.25. The summed E-state index contributed by atoms with van der Waals surface area (Å²) in [6, 6.07) is 10.2. The van der Waals surface area contributed by atoms with Crippen LogP contribution in [-0.4, -0.2) is 62.4 Å². The molecule has 198 valence electrons. The van der Waals surface area contributed by atoms with Crippen molar-refractivity contribution in [2.24, 2.45) is 0 Å². The number of hydrogen-bond acceptors (Lipinski definition) is 6. The number of ether oxygens (including phenoxy) is 1. The number of carboxylic acids is 1. The number of carbonyl (C=O) groups excluding carboxylic acids is 2. The summed E-state index contributed by atoms with van der Waals surface area (Å²) in [6.45, 7) is 1.58. The number of nitrogens with one attached hydrogen (secondary N) is 2. The lowest BCUT2D eigenvalue weighted by atomic mass is 10.0. The molecule has 0 saturated carbocycles. The summed E-state index contributed by atoms with van der Waals surface area (Å²) in [7, 11) is 0.550. The molecule has 0 unspecified atom stereocenters. The Morgan fingerprint density at radius 3 is 2.53 bits per heavy atom. The van der Waals surface area contributed by atoms with Crippen molar-refractivity contribution >= 4 is 45.0 Å². The number of hydrogen-bond donors (Lipinski definition) is 3. The number of H-pyrrole nitrogens is 1. The van der Waals surface area contributed by atoms with E-state index in [0.29, 0.717) is 39.5 Å². The molecule has 11 heteroatoms. The van der Waals surface area contributed by atoms with Crippen LogP contribution in [0.1, 0.15) is 39.3 Å². The number of fused-ring (bicyclic) bond motifs is 1. The molecule has 2 heterocycles. The van der Waals surface area contributed by atoms with Gasteiger partial charge >= 0.3 is 5.97 Å². The van der Waals surface area contributed by atoms with Crippen LogP contribution in [-0.2, 0) is 25.8 Å². The van der Waals surface area contributed by atoms with Crippen LogP contribution in [0.4, 0.5) is 5.69 Å². The molecule has 4 rings (SSSR count). The van der Waals surface area contributed by atoms with Gasteiger partial charge in [-0.3, -0.25) is 9.59 Å². The minimum Gasteiger partial charge on any atom is -0.497 e. The fourth-order valence-corrected chi connectivity index (χ4v) is 6.14. The van der Waals surface area contributed by atoms with Crippen LogP contribution in [0.25, 0.3) is 11.6 Å². The number of aromatic carboxylic acids is 1. The number of methoxy groups -OCH3 is 1. The molecular formula is C27H27N3O7S. The van der Waals surface area contributed by atoms with Crippen LogP contribution < -0.4 is 10.1 Å². The second kappa shape index (κ2) is 10.2. The van der Waals surface area contributed by atoms with Crippen molar-refractivity contribution < 1.29 is 32.6 Å². The summed E-state index contributed by atoms with van der Waals surface area (Å²) in [5.41, 5.74) is 2.35. The number of aromatic amines is 1. The van der Waals surface area contributed by atoms with E-state index in [1.807, 2.05) is 0 Å². The summed E-state index contributed by atoms with van der Waals surface area (Å²) in [6.07, 6.45) is 1.67. The summed E-state index contributed by atoms with van der Waals surface area (Å²) < 4.78 is 32.8. The lowest BCUT2D eigenvalue weighted by molar-refractivity contribution is -0.128. The number of aromatic nitrogens is 1. The number of nitrogens with zero attached hydrogens (tertiary/aromatic N) is 1. The van der Waals surface area contributed by atoms with E-state index in [4.69, 9.17) is 4.74 Å². The Morgan fingerprint density at radius 1 is 1.13 bits per heavy atom. The second-order valence-electron chi connectivity index (χ2n) is 9.02. The Kier molecular flexibility index (Phi) is 7.14. The van der Waals surface area contributed by atoms with E-state index in [2.05, 4.69) is 10.3 Å². The van der Waals surface area contributed by atoms with Gasteiger partial charge in [0.2, 0.25) is 15.7 Å². The molecule has 0 aliphatic carbocycles. The van der Waals surface area contributed by atoms with Crippen LogP contribution in [0.5, 0.6) is 5.75 Å². The highest BCUT2D eigenvalue weighted by Gasteiger charge is 2.30. The van der Waals surface area contributed by atoms with Gasteiger partial charge < -0.3 is 25.0 Å². The SMILES string of the molecule is COc1ccc2c(c1)NC(=O)C2=Cc1[nH]c(C)c(S(=O)(=O)c2cccc(C(=O)O)c2)c1CCC(=O)N(C)C. The van der Waals surface area contributed by atoms with Crippen LogP contribution in [0.15, 0.2) is 52.3 Å². The molecule has 1 aromatic heterocycles. The maximum Gasteiger partial charge on any atom is 0.335 e. The Labute approximate surface area is 219 Å². The van der Waals surface area contributed by atoms with Crippen molar-refractivity contribution in [1.82, 2.24) is 9.88 Å². The quantitative estimate of drug-likeness (QED) is 0.374. The molecule has 3 N–H and O–H groups in total. The highest BCUT2D eigenvalue weighted by molar-refractivity contribution is 7.91. The number of rotatable bonds is 8. The van der Waals surface area contributed by atoms with Gasteiger partial charge in [0, 0.05) is 43.5 Å². The maximum atomic E-state index is 13.8. The van der Waals surface area contributed by atoms with Gasteiger partial charge in [-0.2, -0.15) is 0 Å².